The number of carbonyl (C=O) groups is 2. The summed E-state index contributed by atoms with van der Waals surface area (Å²) in [6.07, 6.45) is 2.08. The highest BCUT2D eigenvalue weighted by atomic mass is 35.5. The second kappa shape index (κ2) is 15.9. The molecule has 12 heteroatoms. The fourth-order valence-electron chi connectivity index (χ4n) is 5.44. The van der Waals surface area contributed by atoms with Gasteiger partial charge in [-0.1, -0.05) is 38.4 Å². The van der Waals surface area contributed by atoms with Crippen LogP contribution in [0.25, 0.3) is 10.9 Å². The third-order valence-electron chi connectivity index (χ3n) is 8.04. The number of hydrogen-bond donors (Lipinski definition) is 1. The van der Waals surface area contributed by atoms with E-state index in [1.807, 2.05) is 10.7 Å². The summed E-state index contributed by atoms with van der Waals surface area (Å²) in [6.45, 7) is 13.4. The van der Waals surface area contributed by atoms with Gasteiger partial charge < -0.3 is 24.3 Å². The predicted molar refractivity (Wildman–Crippen MR) is 186 cm³/mol. The van der Waals surface area contributed by atoms with E-state index < -0.39 is 0 Å². The summed E-state index contributed by atoms with van der Waals surface area (Å²) in [4.78, 5) is 32.1. The highest BCUT2D eigenvalue weighted by Crippen LogP contribution is 2.37. The Morgan fingerprint density at radius 2 is 1.79 bits per heavy atom. The molecule has 0 saturated carbocycles. The summed E-state index contributed by atoms with van der Waals surface area (Å²) < 4.78 is 24.6. The van der Waals surface area contributed by atoms with E-state index in [1.165, 1.54) is 6.92 Å². The number of aromatic nitrogens is 3. The van der Waals surface area contributed by atoms with Crippen molar-refractivity contribution in [3.05, 3.63) is 70.6 Å². The first-order valence-electron chi connectivity index (χ1n) is 16.2. The standard InChI is InChI=1S/C36H44ClN5O6/c1-24(43)39-32-22-29-31(23-34(32)47-17-16-45-5)38-9-8-33(29)48-28-7-6-25(30(37)21-28)18-27(44)19-26-20-35(36(2,3)4)40-42(26)11-10-41-12-14-46-15-13-41/h6-9,20-23H,10-19H2,1-5H3,(H,39,43). The number of ether oxygens (including phenoxy) is 4. The van der Waals surface area contributed by atoms with Crippen molar-refractivity contribution < 1.29 is 28.5 Å². The Morgan fingerprint density at radius 3 is 2.50 bits per heavy atom. The van der Waals surface area contributed by atoms with E-state index >= 15 is 0 Å². The molecular weight excluding hydrogens is 634 g/mol. The molecule has 0 bridgehead atoms. The van der Waals surface area contributed by atoms with Crippen LogP contribution >= 0.6 is 11.6 Å². The Labute approximate surface area is 286 Å². The van der Waals surface area contributed by atoms with E-state index in [0.717, 1.165) is 49.8 Å². The van der Waals surface area contributed by atoms with Crippen LogP contribution in [-0.4, -0.2) is 84.5 Å². The van der Waals surface area contributed by atoms with Crippen molar-refractivity contribution >= 4 is 39.9 Å². The Morgan fingerprint density at radius 1 is 1.00 bits per heavy atom. The molecule has 3 heterocycles. The zero-order valence-corrected chi connectivity index (χ0v) is 29.1. The molecule has 0 radical (unpaired) electrons. The topological polar surface area (TPSA) is 117 Å². The lowest BCUT2D eigenvalue weighted by molar-refractivity contribution is -0.118. The molecule has 5 rings (SSSR count). The van der Waals surface area contributed by atoms with Gasteiger partial charge >= 0.3 is 0 Å². The minimum absolute atomic E-state index is 0.0488. The van der Waals surface area contributed by atoms with Gasteiger partial charge in [0.15, 0.2) is 0 Å². The van der Waals surface area contributed by atoms with Gasteiger partial charge in [0.1, 0.15) is 29.6 Å². The van der Waals surface area contributed by atoms with E-state index in [-0.39, 0.29) is 29.9 Å². The molecule has 1 fully saturated rings. The summed E-state index contributed by atoms with van der Waals surface area (Å²) in [6, 6.07) is 12.6. The SMILES string of the molecule is COCCOc1cc2nccc(Oc3ccc(CC(=O)Cc4cc(C(C)(C)C)nn4CCN4CCOCC4)c(Cl)c3)c2cc1NC(C)=O. The number of nitrogens with one attached hydrogen (secondary N) is 1. The maximum absolute atomic E-state index is 13.4. The molecule has 256 valence electrons. The van der Waals surface area contributed by atoms with Crippen LogP contribution in [0, 0.1) is 0 Å². The molecule has 0 spiro atoms. The van der Waals surface area contributed by atoms with Gasteiger partial charge in [0.25, 0.3) is 0 Å². The fraction of sp³-hybridized carbons (Fsp3) is 0.444. The van der Waals surface area contributed by atoms with Gasteiger partial charge in [-0.2, -0.15) is 5.10 Å². The molecule has 4 aromatic rings. The van der Waals surface area contributed by atoms with Gasteiger partial charge in [-0.15, -0.1) is 0 Å². The highest BCUT2D eigenvalue weighted by Gasteiger charge is 2.22. The van der Waals surface area contributed by atoms with E-state index in [9.17, 15) is 9.59 Å². The van der Waals surface area contributed by atoms with Crippen LogP contribution in [0.5, 0.6) is 17.2 Å². The number of benzene rings is 2. The molecule has 48 heavy (non-hydrogen) atoms. The van der Waals surface area contributed by atoms with Crippen molar-refractivity contribution in [2.24, 2.45) is 0 Å². The smallest absolute Gasteiger partial charge is 0.221 e. The lowest BCUT2D eigenvalue weighted by Gasteiger charge is -2.26. The number of amides is 1. The molecule has 1 aliphatic heterocycles. The third kappa shape index (κ3) is 9.31. The maximum Gasteiger partial charge on any atom is 0.221 e. The molecule has 1 amide bonds. The molecule has 1 N–H and O–H groups in total. The van der Waals surface area contributed by atoms with Crippen LogP contribution in [0.4, 0.5) is 5.69 Å². The van der Waals surface area contributed by atoms with Crippen molar-refractivity contribution in [1.82, 2.24) is 19.7 Å². The Bertz CT molecular complexity index is 1740. The number of pyridine rings is 1. The minimum atomic E-state index is -0.235. The number of ketones is 1. The van der Waals surface area contributed by atoms with Gasteiger partial charge in [-0.05, 0) is 35.9 Å². The number of fused-ring (bicyclic) bond motifs is 1. The number of Topliss-reactive ketones (excluding diaryl/α,β-unsaturated/α-hetero) is 1. The second-order valence-electron chi connectivity index (χ2n) is 12.9. The monoisotopic (exact) mass is 677 g/mol. The number of anilines is 1. The van der Waals surface area contributed by atoms with Crippen molar-refractivity contribution in [2.75, 3.05) is 58.5 Å². The largest absolute Gasteiger partial charge is 0.489 e. The molecule has 0 aliphatic carbocycles. The van der Waals surface area contributed by atoms with Gasteiger partial charge in [-0.25, -0.2) is 0 Å². The van der Waals surface area contributed by atoms with Gasteiger partial charge in [0, 0.05) is 80.3 Å². The summed E-state index contributed by atoms with van der Waals surface area (Å²) in [5.41, 5.74) is 3.58. The Kier molecular flexibility index (Phi) is 11.7. The van der Waals surface area contributed by atoms with Gasteiger partial charge in [-0.3, -0.25) is 24.2 Å². The quantitative estimate of drug-likeness (QED) is 0.164. The average Bonchev–Trinajstić information content (AvgIpc) is 3.45. The Balaban J connectivity index is 1.29. The molecule has 2 aromatic carbocycles. The molecule has 1 aliphatic rings. The van der Waals surface area contributed by atoms with Crippen LogP contribution in [0.3, 0.4) is 0 Å². The number of morpholine rings is 1. The summed E-state index contributed by atoms with van der Waals surface area (Å²) in [5, 5.41) is 8.81. The van der Waals surface area contributed by atoms with E-state index in [4.69, 9.17) is 35.6 Å². The molecule has 1 saturated heterocycles. The van der Waals surface area contributed by atoms with Crippen LogP contribution in [0.15, 0.2) is 48.7 Å². The number of nitrogens with zero attached hydrogens (tertiary/aromatic N) is 4. The van der Waals surface area contributed by atoms with Gasteiger partial charge in [0.05, 0.1) is 43.3 Å². The zero-order chi connectivity index (χ0) is 34.3. The lowest BCUT2D eigenvalue weighted by atomic mass is 9.92. The predicted octanol–water partition coefficient (Wildman–Crippen LogP) is 5.84. The molecule has 2 aromatic heterocycles. The van der Waals surface area contributed by atoms with Crippen LogP contribution < -0.4 is 14.8 Å². The number of methoxy groups -OCH3 is 1. The number of halogens is 1. The van der Waals surface area contributed by atoms with E-state index in [2.05, 4.69) is 42.0 Å². The number of carbonyl (C=O) groups excluding carboxylic acids is 2. The lowest BCUT2D eigenvalue weighted by Crippen LogP contribution is -2.38. The van der Waals surface area contributed by atoms with E-state index in [0.29, 0.717) is 58.6 Å². The first-order valence-corrected chi connectivity index (χ1v) is 16.6. The average molecular weight is 678 g/mol. The Hall–Kier alpha value is -4.03. The van der Waals surface area contributed by atoms with Crippen molar-refractivity contribution in [2.45, 2.75) is 52.5 Å². The van der Waals surface area contributed by atoms with Crippen molar-refractivity contribution in [1.29, 1.82) is 0 Å². The molecule has 11 nitrogen and oxygen atoms in total. The molecule has 0 unspecified atom stereocenters. The molecular formula is C36H44ClN5O6. The third-order valence-corrected chi connectivity index (χ3v) is 8.39. The fourth-order valence-corrected chi connectivity index (χ4v) is 5.67. The number of hydrogen-bond acceptors (Lipinski definition) is 9. The van der Waals surface area contributed by atoms with Crippen LogP contribution in [0.2, 0.25) is 5.02 Å². The van der Waals surface area contributed by atoms with Crippen molar-refractivity contribution in [3.8, 4) is 17.2 Å². The van der Waals surface area contributed by atoms with Gasteiger partial charge in [0.2, 0.25) is 5.91 Å². The summed E-state index contributed by atoms with van der Waals surface area (Å²) >= 11 is 6.70. The zero-order valence-electron chi connectivity index (χ0n) is 28.3. The van der Waals surface area contributed by atoms with E-state index in [1.54, 1.807) is 43.6 Å². The van der Waals surface area contributed by atoms with Crippen LogP contribution in [-0.2, 0) is 43.9 Å². The summed E-state index contributed by atoms with van der Waals surface area (Å²) in [5.74, 6) is 1.32. The summed E-state index contributed by atoms with van der Waals surface area (Å²) in [7, 11) is 1.59. The first-order chi connectivity index (χ1) is 23.0. The normalized spacial score (nSPS) is 13.9. The second-order valence-corrected chi connectivity index (χ2v) is 13.3. The highest BCUT2D eigenvalue weighted by molar-refractivity contribution is 6.31. The maximum atomic E-state index is 13.4. The minimum Gasteiger partial charge on any atom is -0.489 e. The van der Waals surface area contributed by atoms with Crippen molar-refractivity contribution in [3.63, 3.8) is 0 Å². The number of rotatable bonds is 14. The van der Waals surface area contributed by atoms with Crippen LogP contribution in [0.1, 0.15) is 44.6 Å². The first kappa shape index (κ1) is 35.3. The molecule has 0 atom stereocenters.